The van der Waals surface area contributed by atoms with Gasteiger partial charge in [0.15, 0.2) is 0 Å². The normalized spacial score (nSPS) is 17.9. The Kier molecular flexibility index (Phi) is 6.15. The molecule has 1 aliphatic rings. The Balaban J connectivity index is 2.08. The largest absolute Gasteiger partial charge is 0.507 e. The monoisotopic (exact) mass is 413 g/mol. The van der Waals surface area contributed by atoms with Gasteiger partial charge in [-0.25, -0.2) is 4.39 Å². The molecule has 0 saturated carbocycles. The molecule has 1 saturated heterocycles. The average molecular weight is 413 g/mol. The molecule has 156 valence electrons. The third-order valence-electron chi connectivity index (χ3n) is 4.88. The van der Waals surface area contributed by atoms with Gasteiger partial charge in [-0.05, 0) is 48.4 Å². The number of aliphatic hydroxyl groups is 1. The number of carboxylic acid groups (broad SMARTS) is 1. The van der Waals surface area contributed by atoms with E-state index >= 15 is 0 Å². The number of hydrogen-bond acceptors (Lipinski definition) is 5. The van der Waals surface area contributed by atoms with E-state index in [9.17, 15) is 23.9 Å². The summed E-state index contributed by atoms with van der Waals surface area (Å²) in [5.41, 5.74) is 0.611. The molecule has 2 N–H and O–H groups in total. The van der Waals surface area contributed by atoms with Crippen LogP contribution in [0.5, 0.6) is 5.75 Å². The maximum Gasteiger partial charge on any atom is 0.303 e. The summed E-state index contributed by atoms with van der Waals surface area (Å²) in [7, 11) is 1.50. The van der Waals surface area contributed by atoms with E-state index in [1.54, 1.807) is 24.3 Å². The average Bonchev–Trinajstić information content (AvgIpc) is 2.98. The highest BCUT2D eigenvalue weighted by molar-refractivity contribution is 6.46. The van der Waals surface area contributed by atoms with Crippen LogP contribution in [0.25, 0.3) is 5.76 Å². The Morgan fingerprint density at radius 2 is 1.70 bits per heavy atom. The van der Waals surface area contributed by atoms with Crippen LogP contribution in [0, 0.1) is 5.82 Å². The third kappa shape index (κ3) is 4.17. The van der Waals surface area contributed by atoms with Crippen molar-refractivity contribution in [3.8, 4) is 5.75 Å². The van der Waals surface area contributed by atoms with Gasteiger partial charge in [0, 0.05) is 18.5 Å². The molecule has 30 heavy (non-hydrogen) atoms. The van der Waals surface area contributed by atoms with Crippen LogP contribution < -0.4 is 4.74 Å². The second-order valence-corrected chi connectivity index (χ2v) is 6.77. The van der Waals surface area contributed by atoms with Crippen LogP contribution in [0.2, 0.25) is 0 Å². The van der Waals surface area contributed by atoms with Gasteiger partial charge in [-0.1, -0.05) is 12.1 Å². The minimum Gasteiger partial charge on any atom is -0.507 e. The number of carbonyl (C=O) groups is 3. The number of carbonyl (C=O) groups excluding carboxylic acids is 2. The van der Waals surface area contributed by atoms with E-state index in [1.807, 2.05) is 0 Å². The van der Waals surface area contributed by atoms with Crippen LogP contribution in [0.1, 0.15) is 30.0 Å². The van der Waals surface area contributed by atoms with E-state index in [1.165, 1.54) is 24.1 Å². The molecule has 2 aromatic rings. The number of likely N-dealkylation sites (tertiary alicyclic amines) is 1. The fourth-order valence-corrected chi connectivity index (χ4v) is 3.41. The van der Waals surface area contributed by atoms with Gasteiger partial charge in [0.05, 0.1) is 18.7 Å². The standard InChI is InChI=1S/C22H20FNO6/c1-30-16-10-6-13(7-11-16)19-18(20(27)14-4-8-15(23)9-5-14)21(28)22(29)24(19)12-2-3-17(25)26/h4-11,19,27H,2-3,12H2,1H3,(H,25,26)/t19-/m1/s1. The Morgan fingerprint density at radius 1 is 1.07 bits per heavy atom. The van der Waals surface area contributed by atoms with Gasteiger partial charge in [0.1, 0.15) is 17.3 Å². The summed E-state index contributed by atoms with van der Waals surface area (Å²) >= 11 is 0. The highest BCUT2D eigenvalue weighted by atomic mass is 19.1. The number of amides is 1. The van der Waals surface area contributed by atoms with Gasteiger partial charge >= 0.3 is 5.97 Å². The molecule has 1 atom stereocenters. The molecule has 0 bridgehead atoms. The van der Waals surface area contributed by atoms with Crippen molar-refractivity contribution in [2.45, 2.75) is 18.9 Å². The Hall–Kier alpha value is -3.68. The maximum atomic E-state index is 13.3. The van der Waals surface area contributed by atoms with Crippen LogP contribution in [-0.2, 0) is 14.4 Å². The first-order valence-corrected chi connectivity index (χ1v) is 9.23. The number of methoxy groups -OCH3 is 1. The van der Waals surface area contributed by atoms with E-state index in [4.69, 9.17) is 9.84 Å². The molecule has 0 aromatic heterocycles. The number of ether oxygens (including phenoxy) is 1. The topological polar surface area (TPSA) is 104 Å². The lowest BCUT2D eigenvalue weighted by atomic mass is 9.95. The third-order valence-corrected chi connectivity index (χ3v) is 4.88. The molecule has 0 spiro atoms. The van der Waals surface area contributed by atoms with Crippen molar-refractivity contribution in [1.29, 1.82) is 0 Å². The van der Waals surface area contributed by atoms with E-state index in [0.29, 0.717) is 11.3 Å². The number of hydrogen-bond donors (Lipinski definition) is 2. The highest BCUT2D eigenvalue weighted by Crippen LogP contribution is 2.39. The fraction of sp³-hybridized carbons (Fsp3) is 0.227. The van der Waals surface area contributed by atoms with E-state index in [0.717, 1.165) is 12.1 Å². The predicted octanol–water partition coefficient (Wildman–Crippen LogP) is 3.12. The fourth-order valence-electron chi connectivity index (χ4n) is 3.41. The van der Waals surface area contributed by atoms with Crippen LogP contribution in [0.3, 0.4) is 0 Å². The Morgan fingerprint density at radius 3 is 2.27 bits per heavy atom. The molecule has 0 radical (unpaired) electrons. The van der Waals surface area contributed by atoms with Crippen molar-refractivity contribution >= 4 is 23.4 Å². The number of halogens is 1. The van der Waals surface area contributed by atoms with E-state index in [-0.39, 0.29) is 30.5 Å². The molecule has 2 aromatic carbocycles. The molecule has 0 aliphatic carbocycles. The minimum atomic E-state index is -1.01. The van der Waals surface area contributed by atoms with Gasteiger partial charge in [0.2, 0.25) is 0 Å². The van der Waals surface area contributed by atoms with Crippen molar-refractivity contribution in [2.75, 3.05) is 13.7 Å². The zero-order chi connectivity index (χ0) is 21.8. The van der Waals surface area contributed by atoms with Crippen LogP contribution >= 0.6 is 0 Å². The number of aliphatic hydroxyl groups excluding tert-OH is 1. The van der Waals surface area contributed by atoms with Crippen molar-refractivity contribution in [1.82, 2.24) is 4.90 Å². The zero-order valence-electron chi connectivity index (χ0n) is 16.2. The molecular weight excluding hydrogens is 393 g/mol. The van der Waals surface area contributed by atoms with Crippen molar-refractivity contribution < 1.29 is 33.7 Å². The van der Waals surface area contributed by atoms with Crippen molar-refractivity contribution in [2.24, 2.45) is 0 Å². The minimum absolute atomic E-state index is 0.0216. The van der Waals surface area contributed by atoms with Gasteiger partial charge in [0.25, 0.3) is 11.7 Å². The Bertz CT molecular complexity index is 997. The number of nitrogens with zero attached hydrogens (tertiary/aromatic N) is 1. The lowest BCUT2D eigenvalue weighted by Crippen LogP contribution is -2.31. The molecule has 8 heteroatoms. The molecular formula is C22H20FNO6. The number of ketones is 1. The summed E-state index contributed by atoms with van der Waals surface area (Å²) in [5.74, 6) is -3.08. The number of rotatable bonds is 7. The highest BCUT2D eigenvalue weighted by Gasteiger charge is 2.45. The molecule has 1 aliphatic heterocycles. The molecule has 0 unspecified atom stereocenters. The maximum absolute atomic E-state index is 13.3. The first-order valence-electron chi connectivity index (χ1n) is 9.23. The molecule has 1 heterocycles. The lowest BCUT2D eigenvalue weighted by molar-refractivity contribution is -0.140. The van der Waals surface area contributed by atoms with E-state index < -0.39 is 35.3 Å². The van der Waals surface area contributed by atoms with Crippen LogP contribution in [-0.4, -0.2) is 46.4 Å². The molecule has 1 fully saturated rings. The van der Waals surface area contributed by atoms with E-state index in [2.05, 4.69) is 0 Å². The summed E-state index contributed by atoms with van der Waals surface area (Å²) in [6.07, 6.45) is -0.0259. The predicted molar refractivity (Wildman–Crippen MR) is 105 cm³/mol. The summed E-state index contributed by atoms with van der Waals surface area (Å²) in [4.78, 5) is 37.6. The SMILES string of the molecule is COc1ccc([C@@H]2C(=C(O)c3ccc(F)cc3)C(=O)C(=O)N2CCCC(=O)O)cc1. The van der Waals surface area contributed by atoms with Gasteiger partial charge in [-0.3, -0.25) is 14.4 Å². The van der Waals surface area contributed by atoms with Crippen LogP contribution in [0.4, 0.5) is 4.39 Å². The molecule has 7 nitrogen and oxygen atoms in total. The summed E-state index contributed by atoms with van der Waals surface area (Å²) < 4.78 is 18.4. The second kappa shape index (κ2) is 8.77. The van der Waals surface area contributed by atoms with Gasteiger partial charge in [-0.15, -0.1) is 0 Å². The van der Waals surface area contributed by atoms with Crippen LogP contribution in [0.15, 0.2) is 54.1 Å². The number of Topliss-reactive ketones (excluding diaryl/α,β-unsaturated/α-hetero) is 1. The first-order chi connectivity index (χ1) is 14.3. The zero-order valence-corrected chi connectivity index (χ0v) is 16.2. The van der Waals surface area contributed by atoms with Gasteiger partial charge < -0.3 is 19.8 Å². The molecule has 3 rings (SSSR count). The van der Waals surface area contributed by atoms with Crippen molar-refractivity contribution in [3.05, 3.63) is 71.0 Å². The quantitative estimate of drug-likeness (QED) is 0.411. The number of aliphatic carboxylic acids is 1. The van der Waals surface area contributed by atoms with Crippen molar-refractivity contribution in [3.63, 3.8) is 0 Å². The second-order valence-electron chi connectivity index (χ2n) is 6.77. The van der Waals surface area contributed by atoms with Gasteiger partial charge in [-0.2, -0.15) is 0 Å². The lowest BCUT2D eigenvalue weighted by Gasteiger charge is -2.25. The smallest absolute Gasteiger partial charge is 0.303 e. The number of benzene rings is 2. The Labute approximate surface area is 172 Å². The summed E-state index contributed by atoms with van der Waals surface area (Å²) in [6, 6.07) is 10.6. The molecule has 1 amide bonds. The summed E-state index contributed by atoms with van der Waals surface area (Å²) in [5, 5.41) is 19.7. The number of carboxylic acids is 1. The first kappa shape index (κ1) is 21.0. The summed E-state index contributed by atoms with van der Waals surface area (Å²) in [6.45, 7) is 0.0216.